The Bertz CT molecular complexity index is 1120. The van der Waals surface area contributed by atoms with Gasteiger partial charge in [0, 0.05) is 6.42 Å². The molecule has 0 aromatic heterocycles. The molecule has 0 bridgehead atoms. The standard InChI is InChI=1S/C50H87NO7/c1-5-6-7-8-9-10-11-12-13-14-15-16-17-18-19-20-21-22-23-24-25-26-27-28-29-30-31-32-33-34-35-36-37-38-39-40-41-42-48(53)57-45-47(52)46-58-50(49(54)55)56-44-43-51(2,3)4/h6-7,9-10,12-13,15-16,18-19,21-22,47,50,52H,5,8,11,14,17,20,23-46H2,1-4H3/b7-6-,10-9-,13-12-,16-15-,19-18-,22-21-. The summed E-state index contributed by atoms with van der Waals surface area (Å²) in [5, 5.41) is 21.2. The van der Waals surface area contributed by atoms with Crippen molar-refractivity contribution in [1.82, 2.24) is 0 Å². The minimum absolute atomic E-state index is 0.169. The molecule has 0 saturated carbocycles. The zero-order chi connectivity index (χ0) is 42.6. The first-order valence-electron chi connectivity index (χ1n) is 23.1. The van der Waals surface area contributed by atoms with E-state index in [0.29, 0.717) is 17.4 Å². The molecule has 0 aliphatic carbocycles. The fraction of sp³-hybridized carbons (Fsp3) is 0.720. The smallest absolute Gasteiger partial charge is 0.305 e. The third-order valence-corrected chi connectivity index (χ3v) is 9.70. The van der Waals surface area contributed by atoms with Gasteiger partial charge in [-0.15, -0.1) is 0 Å². The summed E-state index contributed by atoms with van der Waals surface area (Å²) in [7, 11) is 5.87. The van der Waals surface area contributed by atoms with Gasteiger partial charge in [-0.3, -0.25) is 4.79 Å². The van der Waals surface area contributed by atoms with Crippen molar-refractivity contribution < 1.29 is 38.5 Å². The van der Waals surface area contributed by atoms with E-state index in [2.05, 4.69) is 79.8 Å². The van der Waals surface area contributed by atoms with Crippen LogP contribution in [0, 0.1) is 0 Å². The van der Waals surface area contributed by atoms with Crippen LogP contribution in [0.1, 0.15) is 174 Å². The molecular formula is C50H87NO7. The maximum Gasteiger partial charge on any atom is 0.305 e. The Morgan fingerprint density at radius 1 is 0.534 bits per heavy atom. The molecule has 0 fully saturated rings. The van der Waals surface area contributed by atoms with E-state index in [1.807, 2.05) is 21.1 Å². The van der Waals surface area contributed by atoms with Crippen molar-refractivity contribution in [3.8, 4) is 0 Å². The first-order valence-corrected chi connectivity index (χ1v) is 23.1. The molecule has 0 aromatic carbocycles. The Balaban J connectivity index is 3.44. The van der Waals surface area contributed by atoms with Gasteiger partial charge in [0.1, 0.15) is 19.3 Å². The molecule has 2 unspecified atom stereocenters. The van der Waals surface area contributed by atoms with Gasteiger partial charge in [0.25, 0.3) is 0 Å². The normalized spacial score (nSPS) is 13.7. The van der Waals surface area contributed by atoms with E-state index in [4.69, 9.17) is 14.2 Å². The Labute approximate surface area is 356 Å². The highest BCUT2D eigenvalue weighted by Crippen LogP contribution is 2.15. The van der Waals surface area contributed by atoms with Gasteiger partial charge in [0.2, 0.25) is 0 Å². The van der Waals surface area contributed by atoms with Gasteiger partial charge in [-0.1, -0.05) is 183 Å². The number of carbonyl (C=O) groups is 2. The lowest BCUT2D eigenvalue weighted by molar-refractivity contribution is -0.870. The summed E-state index contributed by atoms with van der Waals surface area (Å²) in [6.45, 7) is 2.35. The van der Waals surface area contributed by atoms with Crippen LogP contribution < -0.4 is 5.11 Å². The van der Waals surface area contributed by atoms with Crippen LogP contribution >= 0.6 is 0 Å². The van der Waals surface area contributed by atoms with Crippen LogP contribution in [0.25, 0.3) is 0 Å². The van der Waals surface area contributed by atoms with Crippen LogP contribution in [0.2, 0.25) is 0 Å². The zero-order valence-corrected chi connectivity index (χ0v) is 37.6. The first-order chi connectivity index (χ1) is 28.2. The van der Waals surface area contributed by atoms with Gasteiger partial charge in [-0.2, -0.15) is 0 Å². The van der Waals surface area contributed by atoms with Crippen molar-refractivity contribution in [1.29, 1.82) is 0 Å². The molecule has 0 rings (SSSR count). The van der Waals surface area contributed by atoms with Gasteiger partial charge >= 0.3 is 5.97 Å². The Kier molecular flexibility index (Phi) is 40.3. The quantitative estimate of drug-likeness (QED) is 0.0215. The highest BCUT2D eigenvalue weighted by atomic mass is 16.7. The van der Waals surface area contributed by atoms with E-state index in [-0.39, 0.29) is 25.8 Å². The second-order valence-corrected chi connectivity index (χ2v) is 16.5. The van der Waals surface area contributed by atoms with Crippen LogP contribution in [0.4, 0.5) is 0 Å². The molecule has 0 spiro atoms. The average Bonchev–Trinajstić information content (AvgIpc) is 3.19. The molecule has 0 aromatic rings. The van der Waals surface area contributed by atoms with Crippen molar-refractivity contribution in [3.05, 3.63) is 72.9 Å². The third-order valence-electron chi connectivity index (χ3n) is 9.70. The number of carboxylic acid groups (broad SMARTS) is 1. The van der Waals surface area contributed by atoms with Gasteiger partial charge in [0.05, 0.1) is 40.3 Å². The van der Waals surface area contributed by atoms with E-state index >= 15 is 0 Å². The summed E-state index contributed by atoms with van der Waals surface area (Å²) in [6.07, 6.45) is 55.2. The number of esters is 1. The molecule has 58 heavy (non-hydrogen) atoms. The molecule has 1 N–H and O–H groups in total. The Hall–Kier alpha value is -2.78. The molecule has 0 radical (unpaired) electrons. The fourth-order valence-electron chi connectivity index (χ4n) is 6.13. The minimum Gasteiger partial charge on any atom is -0.545 e. The number of aliphatic hydroxyl groups is 1. The summed E-state index contributed by atoms with van der Waals surface area (Å²) >= 11 is 0. The minimum atomic E-state index is -1.57. The predicted octanol–water partition coefficient (Wildman–Crippen LogP) is 11.2. The third kappa shape index (κ3) is 44.3. The molecular weight excluding hydrogens is 727 g/mol. The number of aliphatic hydroxyl groups excluding tert-OH is 1. The Morgan fingerprint density at radius 2 is 0.914 bits per heavy atom. The van der Waals surface area contributed by atoms with Crippen molar-refractivity contribution >= 4 is 11.9 Å². The summed E-state index contributed by atoms with van der Waals surface area (Å²) < 4.78 is 16.0. The lowest BCUT2D eigenvalue weighted by Gasteiger charge is -2.26. The highest BCUT2D eigenvalue weighted by molar-refractivity contribution is 5.69. The fourth-order valence-corrected chi connectivity index (χ4v) is 6.13. The van der Waals surface area contributed by atoms with Crippen LogP contribution in [-0.2, 0) is 23.8 Å². The number of carboxylic acids is 1. The highest BCUT2D eigenvalue weighted by Gasteiger charge is 2.17. The van der Waals surface area contributed by atoms with Crippen LogP contribution in [-0.4, -0.2) is 81.4 Å². The summed E-state index contributed by atoms with van der Waals surface area (Å²) in [5.41, 5.74) is 0. The molecule has 0 amide bonds. The van der Waals surface area contributed by atoms with Crippen LogP contribution in [0.15, 0.2) is 72.9 Å². The number of hydrogen-bond donors (Lipinski definition) is 1. The van der Waals surface area contributed by atoms with Crippen molar-refractivity contribution in [2.75, 3.05) is 47.5 Å². The molecule has 8 nitrogen and oxygen atoms in total. The number of ether oxygens (including phenoxy) is 3. The van der Waals surface area contributed by atoms with E-state index in [1.165, 1.54) is 103 Å². The van der Waals surface area contributed by atoms with E-state index < -0.39 is 18.4 Å². The lowest BCUT2D eigenvalue weighted by Crippen LogP contribution is -2.44. The lowest BCUT2D eigenvalue weighted by atomic mass is 10.0. The van der Waals surface area contributed by atoms with Gasteiger partial charge in [0.15, 0.2) is 6.29 Å². The van der Waals surface area contributed by atoms with E-state index in [1.54, 1.807) is 0 Å². The Morgan fingerprint density at radius 3 is 1.31 bits per heavy atom. The summed E-state index contributed by atoms with van der Waals surface area (Å²) in [4.78, 5) is 23.2. The number of aliphatic carboxylic acids is 1. The van der Waals surface area contributed by atoms with Crippen molar-refractivity contribution in [2.24, 2.45) is 0 Å². The van der Waals surface area contributed by atoms with Gasteiger partial charge in [-0.05, 0) is 57.8 Å². The number of quaternary nitrogens is 1. The van der Waals surface area contributed by atoms with Crippen molar-refractivity contribution in [2.45, 2.75) is 186 Å². The zero-order valence-electron chi connectivity index (χ0n) is 37.6. The second kappa shape index (κ2) is 42.3. The number of carbonyl (C=O) groups excluding carboxylic acids is 2. The maximum atomic E-state index is 12.0. The number of nitrogens with zero attached hydrogens (tertiary/aromatic N) is 1. The summed E-state index contributed by atoms with van der Waals surface area (Å²) in [5.74, 6) is -1.87. The van der Waals surface area contributed by atoms with Crippen LogP contribution in [0.3, 0.4) is 0 Å². The number of rotatable bonds is 42. The SMILES string of the molecule is CC/C=C\C/C=C\C/C=C\C/C=C\C/C=C\C/C=C\CCCCCCCCCCCCCCCCCCCCC(=O)OCC(O)COC(OCC[N+](C)(C)C)C(=O)[O-]. The second-order valence-electron chi connectivity index (χ2n) is 16.5. The maximum absolute atomic E-state index is 12.0. The molecule has 0 heterocycles. The van der Waals surface area contributed by atoms with Crippen LogP contribution in [0.5, 0.6) is 0 Å². The molecule has 8 heteroatoms. The first kappa shape index (κ1) is 55.2. The molecule has 0 aliphatic rings. The van der Waals surface area contributed by atoms with Gasteiger partial charge in [-0.25, -0.2) is 0 Å². The largest absolute Gasteiger partial charge is 0.545 e. The summed E-state index contributed by atoms with van der Waals surface area (Å²) in [6, 6.07) is 0. The molecule has 0 aliphatic heterocycles. The topological polar surface area (TPSA) is 105 Å². The number of allylic oxidation sites excluding steroid dienone is 12. The average molecular weight is 814 g/mol. The van der Waals surface area contributed by atoms with E-state index in [9.17, 15) is 19.8 Å². The predicted molar refractivity (Wildman–Crippen MR) is 241 cm³/mol. The van der Waals surface area contributed by atoms with E-state index in [0.717, 1.165) is 57.8 Å². The number of hydrogen-bond acceptors (Lipinski definition) is 7. The monoisotopic (exact) mass is 814 g/mol. The van der Waals surface area contributed by atoms with Crippen molar-refractivity contribution in [3.63, 3.8) is 0 Å². The van der Waals surface area contributed by atoms with Gasteiger partial charge < -0.3 is 33.7 Å². The molecule has 334 valence electrons. The molecule has 2 atom stereocenters. The number of likely N-dealkylation sites (N-methyl/N-ethyl adjacent to an activating group) is 1. The number of unbranched alkanes of at least 4 members (excludes halogenated alkanes) is 18. The molecule has 0 saturated heterocycles.